The van der Waals surface area contributed by atoms with Gasteiger partial charge in [-0.1, -0.05) is 43.7 Å². The first-order valence-corrected chi connectivity index (χ1v) is 17.3. The molecule has 1 aromatic rings. The molecule has 1 saturated heterocycles. The number of methoxy groups -OCH3 is 2. The summed E-state index contributed by atoms with van der Waals surface area (Å²) in [7, 11) is 5.00. The van der Waals surface area contributed by atoms with Crippen LogP contribution in [-0.2, 0) is 34.2 Å². The number of fused-ring (bicyclic) bond motifs is 4. The van der Waals surface area contributed by atoms with Gasteiger partial charge in [-0.3, -0.25) is 29.7 Å². The van der Waals surface area contributed by atoms with E-state index in [0.29, 0.717) is 41.5 Å². The predicted molar refractivity (Wildman–Crippen MR) is 179 cm³/mol. The molecular weight excluding hydrogens is 642 g/mol. The monoisotopic (exact) mass is 693 g/mol. The standard InChI is InChI=1S/C35H52ClN3O9/c1-19-17-25-23(20(2)18-39(13-15-45-6)14-16-46-7)12-11-21(3)34(25,43)28(31(19)47-22(4)40)27-29(32(41)42)37-33-35(27,44)24-9-8-10-26(36)30(24)38(5)48-33/h8-10,17,20-21,23,25,27-29,31,33,37,43-44H,11-16,18H2,1-7H3,(H,41,42)/t20?,21-,23+,25-,27+,28?,29+,31?,33-,34-,35+/m1/s1. The van der Waals surface area contributed by atoms with E-state index < -0.39 is 59.3 Å². The van der Waals surface area contributed by atoms with Crippen LogP contribution in [0.4, 0.5) is 5.69 Å². The van der Waals surface area contributed by atoms with Gasteiger partial charge in [-0.15, -0.1) is 0 Å². The van der Waals surface area contributed by atoms with Crippen molar-refractivity contribution in [2.45, 2.75) is 70.1 Å². The Hall–Kier alpha value is -2.29. The molecule has 2 heterocycles. The van der Waals surface area contributed by atoms with Gasteiger partial charge in [0, 0.05) is 71.1 Å². The van der Waals surface area contributed by atoms with Gasteiger partial charge in [0.2, 0.25) is 0 Å². The molecule has 0 aromatic heterocycles. The van der Waals surface area contributed by atoms with Crippen LogP contribution >= 0.6 is 11.6 Å². The summed E-state index contributed by atoms with van der Waals surface area (Å²) in [5, 5.41) is 41.8. The minimum atomic E-state index is -1.97. The van der Waals surface area contributed by atoms with Crippen molar-refractivity contribution in [3.05, 3.63) is 40.4 Å². The van der Waals surface area contributed by atoms with E-state index in [1.54, 1.807) is 39.5 Å². The third-order valence-corrected chi connectivity index (χ3v) is 11.8. The lowest BCUT2D eigenvalue weighted by atomic mass is 9.49. The molecule has 12 nitrogen and oxygen atoms in total. The molecule has 0 amide bonds. The first-order valence-electron chi connectivity index (χ1n) is 16.9. The molecule has 0 spiro atoms. The lowest BCUT2D eigenvalue weighted by Gasteiger charge is -2.60. The van der Waals surface area contributed by atoms with Crippen molar-refractivity contribution >= 4 is 29.2 Å². The second-order valence-corrected chi connectivity index (χ2v) is 14.6. The number of rotatable bonds is 12. The third-order valence-electron chi connectivity index (χ3n) is 11.5. The number of ether oxygens (including phenoxy) is 3. The van der Waals surface area contributed by atoms with Crippen LogP contribution in [0.3, 0.4) is 0 Å². The van der Waals surface area contributed by atoms with Gasteiger partial charge < -0.3 is 29.5 Å². The molecule has 2 fully saturated rings. The zero-order valence-corrected chi connectivity index (χ0v) is 29.8. The quantitative estimate of drug-likeness (QED) is 0.188. The van der Waals surface area contributed by atoms with Gasteiger partial charge >= 0.3 is 11.9 Å². The maximum absolute atomic E-state index is 13.4. The fraction of sp³-hybridized carbons (Fsp3) is 0.714. The largest absolute Gasteiger partial charge is 0.480 e. The minimum absolute atomic E-state index is 0.00747. The molecule has 2 aliphatic heterocycles. The van der Waals surface area contributed by atoms with Gasteiger partial charge in [-0.2, -0.15) is 0 Å². The summed E-state index contributed by atoms with van der Waals surface area (Å²) >= 11 is 6.65. The Labute approximate surface area is 288 Å². The Balaban J connectivity index is 1.66. The number of carbonyl (C=O) groups is 2. The fourth-order valence-electron chi connectivity index (χ4n) is 9.30. The number of aliphatic carboxylic acids is 1. The van der Waals surface area contributed by atoms with E-state index in [-0.39, 0.29) is 17.8 Å². The Morgan fingerprint density at radius 3 is 2.44 bits per heavy atom. The molecule has 48 heavy (non-hydrogen) atoms. The predicted octanol–water partition coefficient (Wildman–Crippen LogP) is 3.04. The van der Waals surface area contributed by atoms with E-state index in [9.17, 15) is 24.9 Å². The van der Waals surface area contributed by atoms with E-state index in [1.165, 1.54) is 12.0 Å². The number of halogens is 1. The molecule has 1 saturated carbocycles. The highest BCUT2D eigenvalue weighted by Crippen LogP contribution is 2.61. The third kappa shape index (κ3) is 6.28. The normalized spacial score (nSPS) is 36.6. The highest BCUT2D eigenvalue weighted by molar-refractivity contribution is 6.33. The van der Waals surface area contributed by atoms with E-state index >= 15 is 0 Å². The average Bonchev–Trinajstić information content (AvgIpc) is 3.32. The lowest BCUT2D eigenvalue weighted by Crippen LogP contribution is -2.67. The van der Waals surface area contributed by atoms with Crippen LogP contribution in [0.25, 0.3) is 0 Å². The number of nitrogens with zero attached hydrogens (tertiary/aromatic N) is 2. The van der Waals surface area contributed by atoms with Gasteiger partial charge in [0.25, 0.3) is 0 Å². The number of aliphatic hydroxyl groups is 2. The molecule has 268 valence electrons. The van der Waals surface area contributed by atoms with E-state index in [1.807, 2.05) is 19.9 Å². The molecule has 4 aliphatic rings. The maximum Gasteiger partial charge on any atom is 0.321 e. The number of anilines is 1. The number of nitrogens with one attached hydrogen (secondary N) is 1. The zero-order chi connectivity index (χ0) is 35.1. The summed E-state index contributed by atoms with van der Waals surface area (Å²) in [5.74, 6) is -4.60. The molecule has 4 N–H and O–H groups in total. The summed E-state index contributed by atoms with van der Waals surface area (Å²) in [6.45, 7) is 10.7. The molecule has 5 rings (SSSR count). The number of para-hydroxylation sites is 1. The summed E-state index contributed by atoms with van der Waals surface area (Å²) in [4.78, 5) is 34.2. The van der Waals surface area contributed by atoms with Crippen molar-refractivity contribution in [1.29, 1.82) is 0 Å². The number of carbonyl (C=O) groups excluding carboxylic acids is 1. The van der Waals surface area contributed by atoms with Crippen LogP contribution in [0.15, 0.2) is 29.8 Å². The minimum Gasteiger partial charge on any atom is -0.480 e. The first kappa shape index (κ1) is 37.0. The molecule has 2 aliphatic carbocycles. The topological polar surface area (TPSA) is 150 Å². The van der Waals surface area contributed by atoms with E-state index in [0.717, 1.165) is 26.1 Å². The van der Waals surface area contributed by atoms with E-state index in [2.05, 4.69) is 17.1 Å². The average molecular weight is 694 g/mol. The summed E-state index contributed by atoms with van der Waals surface area (Å²) < 4.78 is 16.8. The SMILES string of the molecule is COCCN(CCOC)CC(C)[C@@H]1CC[C@@H](C)[C@]2(O)C([C@H]3[C@@H](C(=O)O)N[C@@H]4ON(C)c5c(Cl)cccc5[C@@]43O)C(OC(C)=O)C(C)=C[C@H]12. The Kier molecular flexibility index (Phi) is 11.2. The molecule has 1 aromatic carbocycles. The summed E-state index contributed by atoms with van der Waals surface area (Å²) in [5.41, 5.74) is -2.03. The van der Waals surface area contributed by atoms with Crippen molar-refractivity contribution in [3.8, 4) is 0 Å². The molecule has 3 unspecified atom stereocenters. The molecule has 0 radical (unpaired) electrons. The number of hydrogen-bond donors (Lipinski definition) is 4. The van der Waals surface area contributed by atoms with Gasteiger partial charge in [0.15, 0.2) is 6.23 Å². The van der Waals surface area contributed by atoms with Gasteiger partial charge in [0.1, 0.15) is 17.7 Å². The number of esters is 1. The number of carboxylic acids is 1. The molecule has 13 heteroatoms. The van der Waals surface area contributed by atoms with Crippen LogP contribution in [0.5, 0.6) is 0 Å². The van der Waals surface area contributed by atoms with Crippen LogP contribution < -0.4 is 10.4 Å². The van der Waals surface area contributed by atoms with Crippen LogP contribution in [0, 0.1) is 35.5 Å². The molecule has 11 atom stereocenters. The first-order chi connectivity index (χ1) is 22.7. The lowest BCUT2D eigenvalue weighted by molar-refractivity contribution is -0.227. The molecule has 0 bridgehead atoms. The van der Waals surface area contributed by atoms with Crippen LogP contribution in [0.2, 0.25) is 5.02 Å². The van der Waals surface area contributed by atoms with Gasteiger partial charge in [-0.25, -0.2) is 0 Å². The smallest absolute Gasteiger partial charge is 0.321 e. The second kappa shape index (κ2) is 14.5. The Morgan fingerprint density at radius 1 is 1.17 bits per heavy atom. The molecular formula is C35H52ClN3O9. The number of benzene rings is 1. The van der Waals surface area contributed by atoms with Crippen molar-refractivity contribution < 1.29 is 44.0 Å². The fourth-order valence-corrected chi connectivity index (χ4v) is 9.60. The van der Waals surface area contributed by atoms with E-state index in [4.69, 9.17) is 30.6 Å². The second-order valence-electron chi connectivity index (χ2n) is 14.2. The number of carboxylic acid groups (broad SMARTS) is 1. The van der Waals surface area contributed by atoms with Crippen molar-refractivity contribution in [1.82, 2.24) is 10.2 Å². The van der Waals surface area contributed by atoms with Crippen LogP contribution in [0.1, 0.15) is 46.1 Å². The number of hydrogen-bond acceptors (Lipinski definition) is 11. The highest BCUT2D eigenvalue weighted by Gasteiger charge is 2.71. The Morgan fingerprint density at radius 2 is 1.83 bits per heavy atom. The van der Waals surface area contributed by atoms with Crippen molar-refractivity contribution in [2.24, 2.45) is 35.5 Å². The van der Waals surface area contributed by atoms with Crippen molar-refractivity contribution in [2.75, 3.05) is 59.2 Å². The van der Waals surface area contributed by atoms with Gasteiger partial charge in [-0.05, 0) is 49.2 Å². The maximum atomic E-state index is 13.4. The number of hydroxylamine groups is 1. The summed E-state index contributed by atoms with van der Waals surface area (Å²) in [6.07, 6.45) is 1.35. The highest BCUT2D eigenvalue weighted by atomic mass is 35.5. The van der Waals surface area contributed by atoms with Crippen LogP contribution in [-0.4, -0.2) is 110 Å². The van der Waals surface area contributed by atoms with Gasteiger partial charge in [0.05, 0.1) is 29.5 Å². The summed E-state index contributed by atoms with van der Waals surface area (Å²) in [6, 6.07) is 3.73. The Bertz CT molecular complexity index is 1370. The zero-order valence-electron chi connectivity index (χ0n) is 29.0. The van der Waals surface area contributed by atoms with Crippen molar-refractivity contribution in [3.63, 3.8) is 0 Å².